The van der Waals surface area contributed by atoms with Crippen LogP contribution in [0.4, 0.5) is 35.1 Å². The molecule has 4 rings (SSSR count). The van der Waals surface area contributed by atoms with E-state index < -0.39 is 63.5 Å². The highest BCUT2D eigenvalue weighted by molar-refractivity contribution is 5.79. The van der Waals surface area contributed by atoms with Crippen molar-refractivity contribution in [1.82, 2.24) is 0 Å². The molecular weight excluding hydrogens is 484 g/mol. The molecule has 3 aromatic rings. The molecule has 0 unspecified atom stereocenters. The zero-order chi connectivity index (χ0) is 25.5. The maximum absolute atomic E-state index is 14.7. The first kappa shape index (κ1) is 24.7. The Kier molecular flexibility index (Phi) is 6.57. The van der Waals surface area contributed by atoms with E-state index in [4.69, 9.17) is 0 Å². The largest absolute Gasteiger partial charge is 0.432 e. The van der Waals surface area contributed by atoms with Gasteiger partial charge in [-0.05, 0) is 66.3 Å². The van der Waals surface area contributed by atoms with E-state index in [1.807, 2.05) is 0 Å². The van der Waals surface area contributed by atoms with Crippen LogP contribution in [0.2, 0.25) is 0 Å². The first-order valence-electron chi connectivity index (χ1n) is 10.5. The zero-order valence-electron chi connectivity index (χ0n) is 17.8. The van der Waals surface area contributed by atoms with E-state index in [9.17, 15) is 39.9 Å². The van der Waals surface area contributed by atoms with Crippen molar-refractivity contribution in [3.8, 4) is 16.9 Å². The van der Waals surface area contributed by atoms with Crippen molar-refractivity contribution in [1.29, 1.82) is 0 Å². The number of hydrogen-bond donors (Lipinski definition) is 0. The molecule has 0 aromatic heterocycles. The fourth-order valence-electron chi connectivity index (χ4n) is 4.08. The Morgan fingerprint density at radius 2 is 1.31 bits per heavy atom. The van der Waals surface area contributed by atoms with Gasteiger partial charge in [0, 0.05) is 24.5 Å². The average Bonchev–Trinajstić information content (AvgIpc) is 2.76. The summed E-state index contributed by atoms with van der Waals surface area (Å²) in [7, 11) is 0. The fourth-order valence-corrected chi connectivity index (χ4v) is 4.08. The molecule has 0 heterocycles. The molecule has 3 aromatic carbocycles. The van der Waals surface area contributed by atoms with Gasteiger partial charge in [0.15, 0.2) is 17.5 Å². The van der Waals surface area contributed by atoms with Crippen molar-refractivity contribution in [2.45, 2.75) is 37.7 Å². The van der Waals surface area contributed by atoms with E-state index in [1.165, 1.54) is 0 Å². The lowest BCUT2D eigenvalue weighted by atomic mass is 9.83. The smallest absolute Gasteiger partial charge is 0.429 e. The summed E-state index contributed by atoms with van der Waals surface area (Å²) in [6.45, 7) is 0. The number of carbonyl (C=O) groups is 1. The molecule has 0 spiro atoms. The highest BCUT2D eigenvalue weighted by Crippen LogP contribution is 2.39. The number of benzene rings is 3. The minimum absolute atomic E-state index is 0.0201. The molecule has 0 N–H and O–H groups in total. The van der Waals surface area contributed by atoms with Gasteiger partial charge in [-0.15, -0.1) is 0 Å². The van der Waals surface area contributed by atoms with Crippen LogP contribution < -0.4 is 4.74 Å². The van der Waals surface area contributed by atoms with Crippen LogP contribution in [0.25, 0.3) is 11.1 Å². The van der Waals surface area contributed by atoms with Gasteiger partial charge in [0.05, 0.1) is 0 Å². The van der Waals surface area contributed by atoms with Gasteiger partial charge in [-0.1, -0.05) is 0 Å². The molecule has 0 saturated heterocycles. The van der Waals surface area contributed by atoms with Crippen LogP contribution in [-0.4, -0.2) is 5.78 Å². The molecule has 184 valence electrons. The molecule has 1 fully saturated rings. The number of carbonyl (C=O) groups excluding carboxylic acids is 1. The average molecular weight is 500 g/mol. The lowest BCUT2D eigenvalue weighted by Gasteiger charge is -2.24. The van der Waals surface area contributed by atoms with Gasteiger partial charge in [0.2, 0.25) is 0 Å². The van der Waals surface area contributed by atoms with Crippen LogP contribution in [0.15, 0.2) is 42.5 Å². The van der Waals surface area contributed by atoms with Crippen LogP contribution in [0.3, 0.4) is 0 Å². The van der Waals surface area contributed by atoms with E-state index in [0.717, 1.165) is 24.3 Å². The predicted molar refractivity (Wildman–Crippen MR) is 109 cm³/mol. The molecule has 1 aliphatic rings. The fraction of sp³-hybridized carbons (Fsp3) is 0.240. The Balaban J connectivity index is 1.59. The van der Waals surface area contributed by atoms with E-state index in [1.54, 1.807) is 0 Å². The maximum Gasteiger partial charge on any atom is 0.432 e. The number of Topliss-reactive ketones (excluding diaryl/α,β-unsaturated/α-hetero) is 1. The van der Waals surface area contributed by atoms with E-state index in [2.05, 4.69) is 4.74 Å². The monoisotopic (exact) mass is 500 g/mol. The van der Waals surface area contributed by atoms with E-state index >= 15 is 0 Å². The van der Waals surface area contributed by atoms with Crippen molar-refractivity contribution in [3.63, 3.8) is 0 Å². The molecule has 0 amide bonds. The van der Waals surface area contributed by atoms with Crippen LogP contribution in [0.5, 0.6) is 5.75 Å². The quantitative estimate of drug-likeness (QED) is 0.267. The van der Waals surface area contributed by atoms with Crippen LogP contribution >= 0.6 is 0 Å². The van der Waals surface area contributed by atoms with Crippen molar-refractivity contribution in [2.75, 3.05) is 0 Å². The third kappa shape index (κ3) is 5.01. The van der Waals surface area contributed by atoms with E-state index in [-0.39, 0.29) is 30.1 Å². The summed E-state index contributed by atoms with van der Waals surface area (Å²) in [4.78, 5) is 11.4. The van der Waals surface area contributed by atoms with Gasteiger partial charge >= 0.3 is 6.11 Å². The third-order valence-corrected chi connectivity index (χ3v) is 5.85. The van der Waals surface area contributed by atoms with Crippen LogP contribution in [0, 0.1) is 34.9 Å². The first-order valence-corrected chi connectivity index (χ1v) is 10.5. The van der Waals surface area contributed by atoms with Gasteiger partial charge < -0.3 is 4.74 Å². The normalized spacial score (nSPS) is 14.9. The van der Waals surface area contributed by atoms with Crippen LogP contribution in [0.1, 0.15) is 42.7 Å². The lowest BCUT2D eigenvalue weighted by Crippen LogP contribution is -2.25. The Labute approximate surface area is 194 Å². The zero-order valence-corrected chi connectivity index (χ0v) is 17.8. The molecule has 0 aliphatic heterocycles. The second-order valence-electron chi connectivity index (χ2n) is 8.19. The summed E-state index contributed by atoms with van der Waals surface area (Å²) in [5.41, 5.74) is -2.40. The molecule has 35 heavy (non-hydrogen) atoms. The maximum atomic E-state index is 14.7. The number of halogens is 8. The van der Waals surface area contributed by atoms with Gasteiger partial charge in [0.1, 0.15) is 34.5 Å². The standard InChI is InChI=1S/C25H16F8O2/c26-18-11-16(5-6-17(18)14-9-21(29)24(31)22(30)10-14)35-25(32,33)23-19(27)7-13(8-20(23)28)12-1-3-15(34)4-2-12/h5-12H,1-4H2. The summed E-state index contributed by atoms with van der Waals surface area (Å²) in [5, 5.41) is 0. The Bertz CT molecular complexity index is 1250. The molecular formula is C25H16F8O2. The summed E-state index contributed by atoms with van der Waals surface area (Å²) in [6, 6.07) is 4.63. The number of rotatable bonds is 5. The summed E-state index contributed by atoms with van der Waals surface area (Å²) >= 11 is 0. The second kappa shape index (κ2) is 9.31. The van der Waals surface area contributed by atoms with Gasteiger partial charge in [-0.3, -0.25) is 4.79 Å². The predicted octanol–water partition coefficient (Wildman–Crippen LogP) is 7.54. The first-order chi connectivity index (χ1) is 16.5. The SMILES string of the molecule is O=C1CCC(c2cc(F)c(C(F)(F)Oc3ccc(-c4cc(F)c(F)c(F)c4)c(F)c3)c(F)c2)CC1. The van der Waals surface area contributed by atoms with Crippen molar-refractivity contribution in [2.24, 2.45) is 0 Å². The minimum atomic E-state index is -4.54. The second-order valence-corrected chi connectivity index (χ2v) is 8.19. The third-order valence-electron chi connectivity index (χ3n) is 5.85. The van der Waals surface area contributed by atoms with Gasteiger partial charge in [0.25, 0.3) is 0 Å². The molecule has 10 heteroatoms. The van der Waals surface area contributed by atoms with Crippen LogP contribution in [-0.2, 0) is 10.9 Å². The van der Waals surface area contributed by atoms with Gasteiger partial charge in [-0.2, -0.15) is 8.78 Å². The molecule has 0 radical (unpaired) electrons. The van der Waals surface area contributed by atoms with E-state index in [0.29, 0.717) is 31.0 Å². The number of ketones is 1. The summed E-state index contributed by atoms with van der Waals surface area (Å²) in [5.74, 6) is -10.5. The van der Waals surface area contributed by atoms with Crippen molar-refractivity contribution < 1.29 is 44.7 Å². The van der Waals surface area contributed by atoms with Crippen molar-refractivity contribution >= 4 is 5.78 Å². The number of hydrogen-bond acceptors (Lipinski definition) is 2. The lowest BCUT2D eigenvalue weighted by molar-refractivity contribution is -0.189. The molecule has 2 nitrogen and oxygen atoms in total. The number of ether oxygens (including phenoxy) is 1. The van der Waals surface area contributed by atoms with Gasteiger partial charge in [-0.25, -0.2) is 26.3 Å². The Hall–Kier alpha value is -3.43. The van der Waals surface area contributed by atoms with Crippen molar-refractivity contribution in [3.05, 3.63) is 88.5 Å². The summed E-state index contributed by atoms with van der Waals surface area (Å²) in [6.07, 6.45) is -3.40. The Morgan fingerprint density at radius 3 is 1.86 bits per heavy atom. The molecule has 1 saturated carbocycles. The topological polar surface area (TPSA) is 26.3 Å². The minimum Gasteiger partial charge on any atom is -0.429 e. The number of alkyl halides is 2. The highest BCUT2D eigenvalue weighted by Gasteiger charge is 2.41. The Morgan fingerprint density at radius 1 is 0.743 bits per heavy atom. The highest BCUT2D eigenvalue weighted by atomic mass is 19.3. The summed E-state index contributed by atoms with van der Waals surface area (Å²) < 4.78 is 117. The molecule has 1 aliphatic carbocycles. The molecule has 0 bridgehead atoms. The molecule has 0 atom stereocenters.